The van der Waals surface area contributed by atoms with Gasteiger partial charge < -0.3 is 10.1 Å². The molecule has 1 saturated heterocycles. The van der Waals surface area contributed by atoms with Gasteiger partial charge in [0.1, 0.15) is 10.6 Å². The summed E-state index contributed by atoms with van der Waals surface area (Å²) in [5, 5.41) is 2.78. The van der Waals surface area contributed by atoms with Crippen LogP contribution in [0.1, 0.15) is 30.6 Å². The van der Waals surface area contributed by atoms with E-state index < -0.39 is 10.0 Å². The van der Waals surface area contributed by atoms with Crippen LogP contribution in [0.4, 0.5) is 5.69 Å². The molecule has 1 aliphatic heterocycles. The van der Waals surface area contributed by atoms with Crippen molar-refractivity contribution >= 4 is 21.6 Å². The van der Waals surface area contributed by atoms with Gasteiger partial charge in [0.25, 0.3) is 5.91 Å². The molecule has 1 heterocycles. The quantitative estimate of drug-likeness (QED) is 0.829. The molecular formula is C21H26N2O4S. The minimum atomic E-state index is -3.77. The Bertz CT molecular complexity index is 934. The number of sulfonamides is 1. The molecule has 1 aliphatic rings. The van der Waals surface area contributed by atoms with Crippen LogP contribution >= 0.6 is 0 Å². The molecule has 0 aromatic heterocycles. The van der Waals surface area contributed by atoms with Crippen molar-refractivity contribution in [1.82, 2.24) is 4.31 Å². The van der Waals surface area contributed by atoms with Crippen LogP contribution < -0.4 is 10.1 Å². The monoisotopic (exact) mass is 402 g/mol. The number of nitrogens with one attached hydrogen (secondary N) is 1. The summed E-state index contributed by atoms with van der Waals surface area (Å²) in [6.45, 7) is 5.05. The molecule has 3 rings (SSSR count). The summed E-state index contributed by atoms with van der Waals surface area (Å²) in [4.78, 5) is 12.6. The smallest absolute Gasteiger partial charge is 0.255 e. The third-order valence-electron chi connectivity index (χ3n) is 4.91. The highest BCUT2D eigenvalue weighted by molar-refractivity contribution is 7.89. The predicted octanol–water partition coefficient (Wildman–Crippen LogP) is 3.61. The van der Waals surface area contributed by atoms with Crippen molar-refractivity contribution in [3.05, 3.63) is 54.1 Å². The Kier molecular flexibility index (Phi) is 6.05. The van der Waals surface area contributed by atoms with Crippen LogP contribution in [0.5, 0.6) is 5.75 Å². The maximum Gasteiger partial charge on any atom is 0.255 e. The number of carbonyl (C=O) groups is 1. The van der Waals surface area contributed by atoms with Crippen LogP contribution in [0.15, 0.2) is 53.4 Å². The van der Waals surface area contributed by atoms with Gasteiger partial charge in [0.05, 0.1) is 7.11 Å². The second-order valence-corrected chi connectivity index (χ2v) is 9.36. The summed E-state index contributed by atoms with van der Waals surface area (Å²) in [6.07, 6.45) is 1.00. The van der Waals surface area contributed by atoms with E-state index in [0.29, 0.717) is 18.8 Å². The van der Waals surface area contributed by atoms with Gasteiger partial charge in [-0.05, 0) is 48.6 Å². The summed E-state index contributed by atoms with van der Waals surface area (Å²) in [5.74, 6) is 0.441. The SMILES string of the molecule is COc1ccc(C(=O)Nc2ccccc2)cc1S(=O)(=O)N1CC(C)CC(C)C1. The molecule has 2 aromatic carbocycles. The number of rotatable bonds is 5. The number of para-hydroxylation sites is 1. The van der Waals surface area contributed by atoms with Crippen molar-refractivity contribution in [2.24, 2.45) is 11.8 Å². The van der Waals surface area contributed by atoms with E-state index >= 15 is 0 Å². The van der Waals surface area contributed by atoms with Crippen LogP contribution in [0, 0.1) is 11.8 Å². The van der Waals surface area contributed by atoms with Crippen LogP contribution in [-0.4, -0.2) is 38.8 Å². The lowest BCUT2D eigenvalue weighted by atomic mass is 9.94. The third-order valence-corrected chi connectivity index (χ3v) is 6.76. The van der Waals surface area contributed by atoms with Gasteiger partial charge in [-0.25, -0.2) is 8.42 Å². The van der Waals surface area contributed by atoms with Gasteiger partial charge in [-0.2, -0.15) is 4.31 Å². The Morgan fingerprint density at radius 2 is 1.71 bits per heavy atom. The average molecular weight is 403 g/mol. The zero-order valence-corrected chi connectivity index (χ0v) is 17.2. The molecule has 0 bridgehead atoms. The van der Waals surface area contributed by atoms with Crippen molar-refractivity contribution in [1.29, 1.82) is 0 Å². The highest BCUT2D eigenvalue weighted by atomic mass is 32.2. The van der Waals surface area contributed by atoms with Crippen LogP contribution in [0.2, 0.25) is 0 Å². The first-order chi connectivity index (χ1) is 13.3. The van der Waals surface area contributed by atoms with E-state index in [1.54, 1.807) is 18.2 Å². The average Bonchev–Trinajstić information content (AvgIpc) is 2.67. The lowest BCUT2D eigenvalue weighted by molar-refractivity contribution is 0.102. The fourth-order valence-corrected chi connectivity index (χ4v) is 5.55. The first-order valence-corrected chi connectivity index (χ1v) is 10.8. The molecule has 2 unspecified atom stereocenters. The summed E-state index contributed by atoms with van der Waals surface area (Å²) in [7, 11) is -2.34. The Balaban J connectivity index is 1.93. The standard InChI is InChI=1S/C21H26N2O4S/c1-15-11-16(2)14-23(13-15)28(25,26)20-12-17(9-10-19(20)27-3)21(24)22-18-7-5-4-6-8-18/h4-10,12,15-16H,11,13-14H2,1-3H3,(H,22,24). The molecule has 0 aliphatic carbocycles. The lowest BCUT2D eigenvalue weighted by Gasteiger charge is -2.34. The molecule has 7 heteroatoms. The van der Waals surface area contributed by atoms with E-state index in [9.17, 15) is 13.2 Å². The maximum absolute atomic E-state index is 13.3. The second kappa shape index (κ2) is 8.32. The van der Waals surface area contributed by atoms with Crippen molar-refractivity contribution in [2.45, 2.75) is 25.2 Å². The Hall–Kier alpha value is -2.38. The number of methoxy groups -OCH3 is 1. The van der Waals surface area contributed by atoms with Crippen molar-refractivity contribution in [2.75, 3.05) is 25.5 Å². The number of carbonyl (C=O) groups excluding carboxylic acids is 1. The fraction of sp³-hybridized carbons (Fsp3) is 0.381. The van der Waals surface area contributed by atoms with Gasteiger partial charge in [-0.1, -0.05) is 32.0 Å². The third kappa shape index (κ3) is 4.36. The van der Waals surface area contributed by atoms with Gasteiger partial charge in [0.15, 0.2) is 0 Å². The molecule has 28 heavy (non-hydrogen) atoms. The number of nitrogens with zero attached hydrogens (tertiary/aromatic N) is 1. The number of hydrogen-bond acceptors (Lipinski definition) is 4. The van der Waals surface area contributed by atoms with E-state index in [4.69, 9.17) is 4.74 Å². The molecular weight excluding hydrogens is 376 g/mol. The van der Waals surface area contributed by atoms with E-state index in [0.717, 1.165) is 6.42 Å². The van der Waals surface area contributed by atoms with E-state index in [1.807, 2.05) is 18.2 Å². The highest BCUT2D eigenvalue weighted by Gasteiger charge is 2.34. The molecule has 6 nitrogen and oxygen atoms in total. The molecule has 1 fully saturated rings. The van der Waals surface area contributed by atoms with Crippen LogP contribution in [-0.2, 0) is 10.0 Å². The zero-order valence-electron chi connectivity index (χ0n) is 16.4. The Morgan fingerprint density at radius 3 is 2.32 bits per heavy atom. The minimum absolute atomic E-state index is 0.0250. The van der Waals surface area contributed by atoms with Gasteiger partial charge in [0.2, 0.25) is 10.0 Å². The first-order valence-electron chi connectivity index (χ1n) is 9.36. The zero-order chi connectivity index (χ0) is 20.3. The maximum atomic E-state index is 13.3. The van der Waals surface area contributed by atoms with E-state index in [1.165, 1.54) is 23.5 Å². The first kappa shape index (κ1) is 20.4. The second-order valence-electron chi connectivity index (χ2n) is 7.45. The summed E-state index contributed by atoms with van der Waals surface area (Å²) >= 11 is 0. The van der Waals surface area contributed by atoms with Crippen LogP contribution in [0.3, 0.4) is 0 Å². The molecule has 1 amide bonds. The molecule has 2 aromatic rings. The highest BCUT2D eigenvalue weighted by Crippen LogP contribution is 2.32. The van der Waals surface area contributed by atoms with Crippen molar-refractivity contribution in [3.63, 3.8) is 0 Å². The lowest BCUT2D eigenvalue weighted by Crippen LogP contribution is -2.42. The Morgan fingerprint density at radius 1 is 1.07 bits per heavy atom. The van der Waals surface area contributed by atoms with Crippen molar-refractivity contribution < 1.29 is 17.9 Å². The molecule has 0 spiro atoms. The van der Waals surface area contributed by atoms with Gasteiger partial charge in [-0.15, -0.1) is 0 Å². The number of ether oxygens (including phenoxy) is 1. The minimum Gasteiger partial charge on any atom is -0.495 e. The largest absolute Gasteiger partial charge is 0.495 e. The van der Waals surface area contributed by atoms with E-state index in [-0.39, 0.29) is 34.0 Å². The fourth-order valence-electron chi connectivity index (χ4n) is 3.69. The molecule has 150 valence electrons. The van der Waals surface area contributed by atoms with Gasteiger partial charge in [-0.3, -0.25) is 4.79 Å². The summed E-state index contributed by atoms with van der Waals surface area (Å²) in [5.41, 5.74) is 0.910. The number of piperidine rings is 1. The van der Waals surface area contributed by atoms with E-state index in [2.05, 4.69) is 19.2 Å². The molecule has 0 radical (unpaired) electrons. The number of hydrogen-bond donors (Lipinski definition) is 1. The summed E-state index contributed by atoms with van der Waals surface area (Å²) < 4.78 is 33.4. The predicted molar refractivity (Wildman–Crippen MR) is 109 cm³/mol. The van der Waals surface area contributed by atoms with Crippen molar-refractivity contribution in [3.8, 4) is 5.75 Å². The number of amides is 1. The number of benzene rings is 2. The van der Waals surface area contributed by atoms with Crippen LogP contribution in [0.25, 0.3) is 0 Å². The van der Waals surface area contributed by atoms with Gasteiger partial charge >= 0.3 is 0 Å². The Labute approximate surface area is 166 Å². The summed E-state index contributed by atoms with van der Waals surface area (Å²) in [6, 6.07) is 13.5. The normalized spacial score (nSPS) is 20.5. The topological polar surface area (TPSA) is 75.7 Å². The molecule has 1 N–H and O–H groups in total. The number of anilines is 1. The molecule has 0 saturated carbocycles. The van der Waals surface area contributed by atoms with Gasteiger partial charge in [0, 0.05) is 24.3 Å². The molecule has 2 atom stereocenters.